The first-order chi connectivity index (χ1) is 10.5. The monoisotopic (exact) mass is 325 g/mol. The number of ether oxygens (including phenoxy) is 1. The Bertz CT molecular complexity index is 581. The van der Waals surface area contributed by atoms with Crippen LogP contribution in [0.5, 0.6) is 0 Å². The lowest BCUT2D eigenvalue weighted by atomic mass is 10.1. The number of aliphatic carboxylic acids is 1. The van der Waals surface area contributed by atoms with Gasteiger partial charge in [0.2, 0.25) is 0 Å². The second kappa shape index (κ2) is 7.26. The number of carboxylic acid groups (broad SMARTS) is 1. The predicted octanol–water partition coefficient (Wildman–Crippen LogP) is 1.67. The molecule has 23 heavy (non-hydrogen) atoms. The van der Waals surface area contributed by atoms with Crippen molar-refractivity contribution >= 4 is 17.8 Å². The SMILES string of the molecule is Cc1cc(C(=O)CC[C@H](NC(=O)OC(C)(C)C)C(=O)O)nn1C. The van der Waals surface area contributed by atoms with Crippen molar-refractivity contribution in [1.82, 2.24) is 15.1 Å². The maximum atomic E-state index is 12.0. The lowest BCUT2D eigenvalue weighted by Crippen LogP contribution is -2.43. The number of nitrogens with one attached hydrogen (secondary N) is 1. The number of ketones is 1. The van der Waals surface area contributed by atoms with Gasteiger partial charge in [-0.2, -0.15) is 5.10 Å². The van der Waals surface area contributed by atoms with Gasteiger partial charge in [0, 0.05) is 19.2 Å². The van der Waals surface area contributed by atoms with Crippen LogP contribution < -0.4 is 5.32 Å². The molecule has 0 saturated heterocycles. The van der Waals surface area contributed by atoms with E-state index in [-0.39, 0.29) is 24.3 Å². The first kappa shape index (κ1) is 18.7. The largest absolute Gasteiger partial charge is 0.480 e. The molecule has 2 N–H and O–H groups in total. The topological polar surface area (TPSA) is 111 Å². The van der Waals surface area contributed by atoms with Gasteiger partial charge < -0.3 is 15.2 Å². The fourth-order valence-corrected chi connectivity index (χ4v) is 1.81. The van der Waals surface area contributed by atoms with Gasteiger partial charge in [0.05, 0.1) is 0 Å². The number of amides is 1. The van der Waals surface area contributed by atoms with Crippen molar-refractivity contribution in [3.8, 4) is 0 Å². The Morgan fingerprint density at radius 3 is 2.43 bits per heavy atom. The Labute approximate surface area is 134 Å². The van der Waals surface area contributed by atoms with Gasteiger partial charge in [-0.3, -0.25) is 9.48 Å². The second-order valence-electron chi connectivity index (χ2n) is 6.29. The Morgan fingerprint density at radius 1 is 1.39 bits per heavy atom. The molecule has 0 fully saturated rings. The summed E-state index contributed by atoms with van der Waals surface area (Å²) >= 11 is 0. The molecule has 0 bridgehead atoms. The van der Waals surface area contributed by atoms with E-state index in [1.807, 2.05) is 6.92 Å². The van der Waals surface area contributed by atoms with Gasteiger partial charge >= 0.3 is 12.1 Å². The fraction of sp³-hybridized carbons (Fsp3) is 0.600. The minimum Gasteiger partial charge on any atom is -0.480 e. The van der Waals surface area contributed by atoms with E-state index in [1.54, 1.807) is 38.6 Å². The first-order valence-corrected chi connectivity index (χ1v) is 7.26. The Morgan fingerprint density at radius 2 is 2.00 bits per heavy atom. The number of carbonyl (C=O) groups is 3. The maximum Gasteiger partial charge on any atom is 0.408 e. The molecular weight excluding hydrogens is 302 g/mol. The summed E-state index contributed by atoms with van der Waals surface area (Å²) < 4.78 is 6.59. The molecule has 1 rings (SSSR count). The number of alkyl carbamates (subject to hydrolysis) is 1. The highest BCUT2D eigenvalue weighted by Crippen LogP contribution is 2.10. The van der Waals surface area contributed by atoms with Crippen LogP contribution in [0.3, 0.4) is 0 Å². The van der Waals surface area contributed by atoms with Crippen LogP contribution in [0.1, 0.15) is 49.8 Å². The number of hydrogen-bond acceptors (Lipinski definition) is 5. The number of Topliss-reactive ketones (excluding diaryl/α,β-unsaturated/α-hetero) is 1. The molecule has 1 amide bonds. The number of carboxylic acids is 1. The van der Waals surface area contributed by atoms with Gasteiger partial charge in [0.25, 0.3) is 0 Å². The molecule has 0 saturated carbocycles. The molecule has 1 aromatic rings. The van der Waals surface area contributed by atoms with Crippen LogP contribution in [-0.2, 0) is 16.6 Å². The van der Waals surface area contributed by atoms with Gasteiger partial charge in [0.1, 0.15) is 17.3 Å². The summed E-state index contributed by atoms with van der Waals surface area (Å²) in [6, 6.07) is 0.443. The highest BCUT2D eigenvalue weighted by molar-refractivity contribution is 5.94. The van der Waals surface area contributed by atoms with Gasteiger partial charge in [-0.1, -0.05) is 0 Å². The molecule has 128 valence electrons. The van der Waals surface area contributed by atoms with Crippen LogP contribution in [0.15, 0.2) is 6.07 Å². The summed E-state index contributed by atoms with van der Waals surface area (Å²) in [7, 11) is 1.72. The van der Waals surface area contributed by atoms with Crippen LogP contribution >= 0.6 is 0 Å². The van der Waals surface area contributed by atoms with Crippen molar-refractivity contribution in [3.05, 3.63) is 17.5 Å². The summed E-state index contributed by atoms with van der Waals surface area (Å²) in [4.78, 5) is 34.9. The number of carbonyl (C=O) groups excluding carboxylic acids is 2. The number of rotatable bonds is 6. The quantitative estimate of drug-likeness (QED) is 0.770. The van der Waals surface area contributed by atoms with Crippen molar-refractivity contribution in [2.75, 3.05) is 0 Å². The molecule has 8 nitrogen and oxygen atoms in total. The Hall–Kier alpha value is -2.38. The van der Waals surface area contributed by atoms with Crippen LogP contribution in [0.2, 0.25) is 0 Å². The smallest absolute Gasteiger partial charge is 0.408 e. The third-order valence-corrected chi connectivity index (χ3v) is 3.05. The standard InChI is InChI=1S/C15H23N3O5/c1-9-8-11(17-18(9)5)12(19)7-6-10(13(20)21)16-14(22)23-15(2,3)4/h8,10H,6-7H2,1-5H3,(H,16,22)(H,20,21)/t10-/m0/s1. The summed E-state index contributed by atoms with van der Waals surface area (Å²) in [5, 5.41) is 15.5. The average Bonchev–Trinajstić information content (AvgIpc) is 2.72. The van der Waals surface area contributed by atoms with E-state index in [0.717, 1.165) is 5.69 Å². The molecule has 0 spiro atoms. The van der Waals surface area contributed by atoms with Crippen LogP contribution in [0, 0.1) is 6.92 Å². The van der Waals surface area contributed by atoms with E-state index in [4.69, 9.17) is 9.84 Å². The van der Waals surface area contributed by atoms with E-state index in [9.17, 15) is 14.4 Å². The molecular formula is C15H23N3O5. The molecule has 1 aromatic heterocycles. The zero-order valence-electron chi connectivity index (χ0n) is 14.0. The normalized spacial score (nSPS) is 12.6. The summed E-state index contributed by atoms with van der Waals surface area (Å²) in [6.07, 6.45) is -0.905. The lowest BCUT2D eigenvalue weighted by Gasteiger charge is -2.21. The summed E-state index contributed by atoms with van der Waals surface area (Å²) in [6.45, 7) is 6.84. The first-order valence-electron chi connectivity index (χ1n) is 7.26. The van der Waals surface area contributed by atoms with E-state index in [2.05, 4.69) is 10.4 Å². The number of aryl methyl sites for hydroxylation is 2. The molecule has 0 aromatic carbocycles. The highest BCUT2D eigenvalue weighted by atomic mass is 16.6. The van der Waals surface area contributed by atoms with Crippen molar-refractivity contribution < 1.29 is 24.2 Å². The van der Waals surface area contributed by atoms with E-state index < -0.39 is 23.7 Å². The predicted molar refractivity (Wildman–Crippen MR) is 82.3 cm³/mol. The molecule has 0 aliphatic carbocycles. The van der Waals surface area contributed by atoms with Crippen LogP contribution in [0.4, 0.5) is 4.79 Å². The number of hydrogen-bond donors (Lipinski definition) is 2. The molecule has 8 heteroatoms. The number of aromatic nitrogens is 2. The van der Waals surface area contributed by atoms with E-state index in [0.29, 0.717) is 0 Å². The van der Waals surface area contributed by atoms with Crippen LogP contribution in [-0.4, -0.2) is 44.4 Å². The summed E-state index contributed by atoms with van der Waals surface area (Å²) in [5.74, 6) is -1.49. The Kier molecular flexibility index (Phi) is 5.89. The van der Waals surface area contributed by atoms with Gasteiger partial charge in [-0.15, -0.1) is 0 Å². The van der Waals surface area contributed by atoms with Crippen molar-refractivity contribution in [1.29, 1.82) is 0 Å². The van der Waals surface area contributed by atoms with Gasteiger partial charge in [0.15, 0.2) is 5.78 Å². The van der Waals surface area contributed by atoms with Crippen molar-refractivity contribution in [3.63, 3.8) is 0 Å². The maximum absolute atomic E-state index is 12.0. The molecule has 1 heterocycles. The molecule has 0 unspecified atom stereocenters. The third kappa shape index (κ3) is 6.09. The average molecular weight is 325 g/mol. The minimum atomic E-state index is -1.22. The minimum absolute atomic E-state index is 0.0385. The highest BCUT2D eigenvalue weighted by Gasteiger charge is 2.25. The molecule has 0 aliphatic heterocycles. The third-order valence-electron chi connectivity index (χ3n) is 3.05. The van der Waals surface area contributed by atoms with E-state index >= 15 is 0 Å². The van der Waals surface area contributed by atoms with Gasteiger partial charge in [-0.05, 0) is 40.2 Å². The fourth-order valence-electron chi connectivity index (χ4n) is 1.81. The number of nitrogens with zero attached hydrogens (tertiary/aromatic N) is 2. The van der Waals surface area contributed by atoms with Crippen molar-refractivity contribution in [2.45, 2.75) is 52.2 Å². The molecule has 0 radical (unpaired) electrons. The second-order valence-corrected chi connectivity index (χ2v) is 6.29. The lowest BCUT2D eigenvalue weighted by molar-refractivity contribution is -0.139. The van der Waals surface area contributed by atoms with Crippen LogP contribution in [0.25, 0.3) is 0 Å². The van der Waals surface area contributed by atoms with Gasteiger partial charge in [-0.25, -0.2) is 9.59 Å². The van der Waals surface area contributed by atoms with E-state index in [1.165, 1.54) is 0 Å². The summed E-state index contributed by atoms with van der Waals surface area (Å²) in [5.41, 5.74) is 0.385. The zero-order chi connectivity index (χ0) is 17.8. The zero-order valence-corrected chi connectivity index (χ0v) is 14.0. The van der Waals surface area contributed by atoms with Crippen molar-refractivity contribution in [2.24, 2.45) is 7.05 Å². The molecule has 0 aliphatic rings. The molecule has 1 atom stereocenters. The Balaban J connectivity index is 2.61.